The van der Waals surface area contributed by atoms with Crippen LogP contribution in [0.3, 0.4) is 0 Å². The summed E-state index contributed by atoms with van der Waals surface area (Å²) < 4.78 is 5.08. The number of fused-ring (bicyclic) bond motifs is 1. The minimum absolute atomic E-state index is 0.134. The van der Waals surface area contributed by atoms with Crippen LogP contribution in [0.2, 0.25) is 0 Å². The van der Waals surface area contributed by atoms with E-state index in [1.165, 1.54) is 12.3 Å². The van der Waals surface area contributed by atoms with Crippen LogP contribution < -0.4 is 5.43 Å². The monoisotopic (exact) mass is 174 g/mol. The molecule has 2 rings (SSSR count). The second kappa shape index (κ2) is 2.86. The van der Waals surface area contributed by atoms with E-state index in [1.807, 2.05) is 0 Å². The Balaban J connectivity index is 3.00. The number of hydrogen-bond acceptors (Lipinski definition) is 3. The van der Waals surface area contributed by atoms with Gasteiger partial charge in [-0.1, -0.05) is 6.07 Å². The molecule has 0 spiro atoms. The molecule has 3 heteroatoms. The highest BCUT2D eigenvalue weighted by atomic mass is 16.3. The Kier molecular flexibility index (Phi) is 1.70. The SMILES string of the molecule is O=Cc1cccc2c(=O)ccoc12. The van der Waals surface area contributed by atoms with Crippen LogP contribution in [0, 0.1) is 0 Å². The fourth-order valence-corrected chi connectivity index (χ4v) is 1.23. The predicted octanol–water partition coefficient (Wildman–Crippen LogP) is 1.61. The van der Waals surface area contributed by atoms with Gasteiger partial charge >= 0.3 is 0 Å². The third-order valence-electron chi connectivity index (χ3n) is 1.84. The highest BCUT2D eigenvalue weighted by Crippen LogP contribution is 2.12. The molecule has 0 aliphatic rings. The van der Waals surface area contributed by atoms with Crippen LogP contribution in [0.25, 0.3) is 11.0 Å². The molecule has 0 N–H and O–H groups in total. The lowest BCUT2D eigenvalue weighted by Gasteiger charge is -1.96. The van der Waals surface area contributed by atoms with Gasteiger partial charge in [0.2, 0.25) is 0 Å². The zero-order valence-electron chi connectivity index (χ0n) is 6.69. The average molecular weight is 174 g/mol. The van der Waals surface area contributed by atoms with E-state index in [0.717, 1.165) is 0 Å². The molecule has 1 aromatic carbocycles. The summed E-state index contributed by atoms with van der Waals surface area (Å²) >= 11 is 0. The average Bonchev–Trinajstić information content (AvgIpc) is 2.18. The van der Waals surface area contributed by atoms with Crippen molar-refractivity contribution >= 4 is 17.3 Å². The summed E-state index contributed by atoms with van der Waals surface area (Å²) in [4.78, 5) is 21.8. The standard InChI is InChI=1S/C10H6O3/c11-6-7-2-1-3-8-9(12)4-5-13-10(7)8/h1-6H. The topological polar surface area (TPSA) is 47.3 Å². The molecule has 1 aromatic heterocycles. The van der Waals surface area contributed by atoms with Crippen molar-refractivity contribution < 1.29 is 9.21 Å². The Morgan fingerprint density at radius 3 is 2.85 bits per heavy atom. The van der Waals surface area contributed by atoms with Crippen molar-refractivity contribution in [1.29, 1.82) is 0 Å². The first-order chi connectivity index (χ1) is 6.33. The van der Waals surface area contributed by atoms with Crippen LogP contribution in [0.4, 0.5) is 0 Å². The Hall–Kier alpha value is -1.90. The van der Waals surface area contributed by atoms with Crippen molar-refractivity contribution in [3.63, 3.8) is 0 Å². The van der Waals surface area contributed by atoms with E-state index < -0.39 is 0 Å². The summed E-state index contributed by atoms with van der Waals surface area (Å²) in [5.74, 6) is 0. The number of carbonyl (C=O) groups is 1. The van der Waals surface area contributed by atoms with Crippen molar-refractivity contribution in [2.45, 2.75) is 0 Å². The third kappa shape index (κ3) is 1.14. The first kappa shape index (κ1) is 7.73. The van der Waals surface area contributed by atoms with Crippen LogP contribution in [-0.4, -0.2) is 6.29 Å². The van der Waals surface area contributed by atoms with E-state index in [9.17, 15) is 9.59 Å². The molecule has 0 bridgehead atoms. The highest BCUT2D eigenvalue weighted by molar-refractivity contribution is 5.93. The first-order valence-corrected chi connectivity index (χ1v) is 3.78. The van der Waals surface area contributed by atoms with E-state index >= 15 is 0 Å². The summed E-state index contributed by atoms with van der Waals surface area (Å²) in [6.07, 6.45) is 1.96. The number of para-hydroxylation sites is 1. The maximum absolute atomic E-state index is 11.3. The van der Waals surface area contributed by atoms with Gasteiger partial charge in [0.15, 0.2) is 11.7 Å². The summed E-state index contributed by atoms with van der Waals surface area (Å²) in [7, 11) is 0. The molecule has 0 radical (unpaired) electrons. The molecule has 64 valence electrons. The summed E-state index contributed by atoms with van der Waals surface area (Å²) in [5, 5.41) is 0.437. The Bertz CT molecular complexity index is 511. The van der Waals surface area contributed by atoms with Gasteiger partial charge in [-0.3, -0.25) is 9.59 Å². The van der Waals surface area contributed by atoms with E-state index in [2.05, 4.69) is 0 Å². The summed E-state index contributed by atoms with van der Waals surface area (Å²) in [6.45, 7) is 0. The lowest BCUT2D eigenvalue weighted by atomic mass is 10.1. The van der Waals surface area contributed by atoms with Crippen molar-refractivity contribution in [2.75, 3.05) is 0 Å². The number of rotatable bonds is 1. The van der Waals surface area contributed by atoms with E-state index in [1.54, 1.807) is 18.2 Å². The molecule has 0 aliphatic heterocycles. The van der Waals surface area contributed by atoms with Gasteiger partial charge in [0.1, 0.15) is 5.58 Å². The van der Waals surface area contributed by atoms with Crippen LogP contribution in [0.5, 0.6) is 0 Å². The van der Waals surface area contributed by atoms with E-state index in [4.69, 9.17) is 4.42 Å². The predicted molar refractivity (Wildman–Crippen MR) is 47.9 cm³/mol. The molecule has 0 aliphatic carbocycles. The zero-order valence-corrected chi connectivity index (χ0v) is 6.69. The molecule has 13 heavy (non-hydrogen) atoms. The van der Waals surface area contributed by atoms with Gasteiger partial charge in [-0.15, -0.1) is 0 Å². The van der Waals surface area contributed by atoms with Crippen molar-refractivity contribution in [1.82, 2.24) is 0 Å². The van der Waals surface area contributed by atoms with Crippen LogP contribution in [0.1, 0.15) is 10.4 Å². The second-order valence-corrected chi connectivity index (χ2v) is 2.63. The largest absolute Gasteiger partial charge is 0.463 e. The lowest BCUT2D eigenvalue weighted by molar-refractivity contribution is 0.112. The van der Waals surface area contributed by atoms with Gasteiger partial charge in [0, 0.05) is 6.07 Å². The minimum atomic E-state index is -0.134. The molecule has 2 aromatic rings. The zero-order chi connectivity index (χ0) is 9.26. The first-order valence-electron chi connectivity index (χ1n) is 3.78. The molecular weight excluding hydrogens is 168 g/mol. The number of hydrogen-bond donors (Lipinski definition) is 0. The van der Waals surface area contributed by atoms with Gasteiger partial charge in [-0.05, 0) is 12.1 Å². The molecule has 1 heterocycles. The molecule has 0 saturated heterocycles. The molecule has 0 unspecified atom stereocenters. The minimum Gasteiger partial charge on any atom is -0.463 e. The number of carbonyl (C=O) groups excluding carboxylic acids is 1. The third-order valence-corrected chi connectivity index (χ3v) is 1.84. The maximum Gasteiger partial charge on any atom is 0.192 e. The smallest absolute Gasteiger partial charge is 0.192 e. The Morgan fingerprint density at radius 2 is 2.08 bits per heavy atom. The van der Waals surface area contributed by atoms with Gasteiger partial charge in [0.25, 0.3) is 0 Å². The molecule has 0 atom stereocenters. The molecule has 0 fully saturated rings. The van der Waals surface area contributed by atoms with E-state index in [-0.39, 0.29) is 5.43 Å². The van der Waals surface area contributed by atoms with Crippen molar-refractivity contribution in [2.24, 2.45) is 0 Å². The van der Waals surface area contributed by atoms with Gasteiger partial charge < -0.3 is 4.42 Å². The van der Waals surface area contributed by atoms with Crippen LogP contribution >= 0.6 is 0 Å². The van der Waals surface area contributed by atoms with Gasteiger partial charge in [0.05, 0.1) is 17.2 Å². The molecule has 0 saturated carbocycles. The fraction of sp³-hybridized carbons (Fsp3) is 0. The molecular formula is C10H6O3. The molecule has 0 amide bonds. The number of aldehydes is 1. The Morgan fingerprint density at radius 1 is 1.23 bits per heavy atom. The van der Waals surface area contributed by atoms with Crippen molar-refractivity contribution in [3.05, 3.63) is 46.3 Å². The highest BCUT2D eigenvalue weighted by Gasteiger charge is 2.03. The van der Waals surface area contributed by atoms with Crippen LogP contribution in [-0.2, 0) is 0 Å². The van der Waals surface area contributed by atoms with Crippen molar-refractivity contribution in [3.8, 4) is 0 Å². The second-order valence-electron chi connectivity index (χ2n) is 2.63. The molecule has 3 nitrogen and oxygen atoms in total. The summed E-state index contributed by atoms with van der Waals surface area (Å²) in [6, 6.07) is 6.23. The van der Waals surface area contributed by atoms with Gasteiger partial charge in [-0.25, -0.2) is 0 Å². The normalized spacial score (nSPS) is 10.2. The fourth-order valence-electron chi connectivity index (χ4n) is 1.23. The summed E-state index contributed by atoms with van der Waals surface area (Å²) in [5.41, 5.74) is 0.616. The number of benzene rings is 1. The van der Waals surface area contributed by atoms with Gasteiger partial charge in [-0.2, -0.15) is 0 Å². The van der Waals surface area contributed by atoms with E-state index in [0.29, 0.717) is 22.8 Å². The quantitative estimate of drug-likeness (QED) is 0.617. The van der Waals surface area contributed by atoms with Crippen LogP contribution in [0.15, 0.2) is 39.7 Å². The lowest BCUT2D eigenvalue weighted by Crippen LogP contribution is -1.99. The maximum atomic E-state index is 11.3. The Labute approximate surface area is 73.6 Å².